The van der Waals surface area contributed by atoms with Crippen LogP contribution in [0.25, 0.3) is 0 Å². The van der Waals surface area contributed by atoms with Gasteiger partial charge in [0.05, 0.1) is 12.8 Å². The number of hydrogen-bond acceptors (Lipinski definition) is 2. The van der Waals surface area contributed by atoms with Gasteiger partial charge in [-0.25, -0.2) is 0 Å². The van der Waals surface area contributed by atoms with Crippen molar-refractivity contribution in [1.29, 1.82) is 0 Å². The second-order valence-electron chi connectivity index (χ2n) is 6.44. The molecule has 1 saturated heterocycles. The van der Waals surface area contributed by atoms with Crippen molar-refractivity contribution in [3.63, 3.8) is 0 Å². The van der Waals surface area contributed by atoms with Crippen LogP contribution in [-0.2, 0) is 15.7 Å². The van der Waals surface area contributed by atoms with Crippen LogP contribution >= 0.6 is 0 Å². The number of para-hydroxylation sites is 2. The summed E-state index contributed by atoms with van der Waals surface area (Å²) in [4.78, 5) is 15.1. The second kappa shape index (κ2) is 7.79. The molecule has 3 heteroatoms. The van der Waals surface area contributed by atoms with E-state index < -0.39 is 0 Å². The van der Waals surface area contributed by atoms with Crippen molar-refractivity contribution in [3.8, 4) is 0 Å². The first-order valence-corrected chi connectivity index (χ1v) is 10.6. The van der Waals surface area contributed by atoms with Crippen molar-refractivity contribution in [2.75, 3.05) is 16.4 Å². The lowest BCUT2D eigenvalue weighted by atomic mass is 10.2. The molecule has 2 nitrogen and oxygen atoms in total. The van der Waals surface area contributed by atoms with Gasteiger partial charge in [-0.3, -0.25) is 4.79 Å². The van der Waals surface area contributed by atoms with Gasteiger partial charge in [0.2, 0.25) is 0 Å². The molecule has 4 rings (SSSR count). The third kappa shape index (κ3) is 3.68. The van der Waals surface area contributed by atoms with Crippen molar-refractivity contribution in [1.82, 2.24) is 0 Å². The van der Waals surface area contributed by atoms with Crippen molar-refractivity contribution < 1.29 is 4.79 Å². The highest BCUT2D eigenvalue weighted by Crippen LogP contribution is 2.35. The van der Waals surface area contributed by atoms with Crippen LogP contribution in [0.4, 0.5) is 17.1 Å². The molecule has 130 valence electrons. The summed E-state index contributed by atoms with van der Waals surface area (Å²) in [6.45, 7) is 0. The molecule has 0 saturated carbocycles. The van der Waals surface area contributed by atoms with E-state index in [-0.39, 0.29) is 10.9 Å². The molecule has 1 aliphatic rings. The van der Waals surface area contributed by atoms with Crippen LogP contribution in [0.15, 0.2) is 89.8 Å². The Morgan fingerprint density at radius 2 is 1.08 bits per heavy atom. The van der Waals surface area contributed by atoms with E-state index in [4.69, 9.17) is 0 Å². The van der Waals surface area contributed by atoms with E-state index in [9.17, 15) is 4.79 Å². The van der Waals surface area contributed by atoms with Gasteiger partial charge < -0.3 is 4.90 Å². The summed E-state index contributed by atoms with van der Waals surface area (Å²) in [6, 6.07) is 29.8. The maximum atomic E-state index is 11.5. The highest BCUT2D eigenvalue weighted by Gasteiger charge is 2.28. The predicted molar refractivity (Wildman–Crippen MR) is 111 cm³/mol. The number of benzene rings is 3. The summed E-state index contributed by atoms with van der Waals surface area (Å²) in [5.41, 5.74) is 3.46. The highest BCUT2D eigenvalue weighted by atomic mass is 32.2. The Bertz CT molecular complexity index is 812. The number of carbonyl (C=O) groups is 1. The van der Waals surface area contributed by atoms with Crippen molar-refractivity contribution >= 4 is 33.7 Å². The smallest absolute Gasteiger partial charge is 0.155 e. The van der Waals surface area contributed by atoms with Gasteiger partial charge in [0.1, 0.15) is 17.3 Å². The zero-order valence-corrected chi connectivity index (χ0v) is 15.5. The Morgan fingerprint density at radius 1 is 0.615 bits per heavy atom. The maximum absolute atomic E-state index is 11.5. The van der Waals surface area contributed by atoms with E-state index in [1.807, 2.05) is 12.1 Å². The largest absolute Gasteiger partial charge is 0.311 e. The molecule has 0 N–H and O–H groups in total. The number of nitrogens with zero attached hydrogens (tertiary/aromatic N) is 1. The number of Topliss-reactive ketones (excluding diaryl/α,β-unsaturated/α-hetero) is 1. The number of anilines is 3. The van der Waals surface area contributed by atoms with Crippen molar-refractivity contribution in [2.24, 2.45) is 0 Å². The van der Waals surface area contributed by atoms with Crippen LogP contribution in [0.2, 0.25) is 0 Å². The SMILES string of the molecule is O=C1CC[S+](c2ccc(N(c3ccccc3)c3ccccc3)cc2)CC1. The Labute approximate surface area is 157 Å². The highest BCUT2D eigenvalue weighted by molar-refractivity contribution is 7.97. The van der Waals surface area contributed by atoms with E-state index >= 15 is 0 Å². The molecule has 3 aromatic rings. The number of carbonyl (C=O) groups excluding carboxylic acids is 1. The summed E-state index contributed by atoms with van der Waals surface area (Å²) >= 11 is 0. The maximum Gasteiger partial charge on any atom is 0.155 e. The third-order valence-corrected chi connectivity index (χ3v) is 7.04. The van der Waals surface area contributed by atoms with Crippen molar-refractivity contribution in [2.45, 2.75) is 17.7 Å². The molecule has 3 aromatic carbocycles. The molecular formula is C23H22NOS+. The normalized spacial score (nSPS) is 15.0. The molecular weight excluding hydrogens is 338 g/mol. The van der Waals surface area contributed by atoms with Gasteiger partial charge in [-0.1, -0.05) is 36.4 Å². The van der Waals surface area contributed by atoms with Gasteiger partial charge in [0, 0.05) is 28.0 Å². The van der Waals surface area contributed by atoms with E-state index in [0.717, 1.165) is 41.4 Å². The van der Waals surface area contributed by atoms with Gasteiger partial charge in [-0.2, -0.15) is 0 Å². The molecule has 0 unspecified atom stereocenters. The lowest BCUT2D eigenvalue weighted by Crippen LogP contribution is -2.23. The van der Waals surface area contributed by atoms with Crippen LogP contribution in [0.3, 0.4) is 0 Å². The minimum absolute atomic E-state index is 0.221. The van der Waals surface area contributed by atoms with E-state index in [1.54, 1.807) is 0 Å². The monoisotopic (exact) mass is 360 g/mol. The van der Waals surface area contributed by atoms with Crippen LogP contribution in [0.5, 0.6) is 0 Å². The average molecular weight is 361 g/mol. The van der Waals surface area contributed by atoms with Crippen LogP contribution in [-0.4, -0.2) is 17.3 Å². The van der Waals surface area contributed by atoms with Crippen LogP contribution < -0.4 is 4.90 Å². The van der Waals surface area contributed by atoms with Gasteiger partial charge >= 0.3 is 0 Å². The van der Waals surface area contributed by atoms with Gasteiger partial charge in [-0.05, 0) is 48.5 Å². The molecule has 1 heterocycles. The first kappa shape index (κ1) is 16.9. The van der Waals surface area contributed by atoms with Crippen molar-refractivity contribution in [3.05, 3.63) is 84.9 Å². The number of rotatable bonds is 4. The zero-order valence-electron chi connectivity index (χ0n) is 14.7. The molecule has 0 aliphatic carbocycles. The topological polar surface area (TPSA) is 20.3 Å². The lowest BCUT2D eigenvalue weighted by molar-refractivity contribution is -0.118. The summed E-state index contributed by atoms with van der Waals surface area (Å²) in [5.74, 6) is 2.45. The first-order chi connectivity index (χ1) is 12.8. The summed E-state index contributed by atoms with van der Waals surface area (Å²) in [7, 11) is 0.221. The minimum atomic E-state index is 0.221. The van der Waals surface area contributed by atoms with E-state index in [1.165, 1.54) is 4.90 Å². The fourth-order valence-corrected chi connectivity index (χ4v) is 5.47. The Balaban J connectivity index is 1.65. The fraction of sp³-hybridized carbons (Fsp3) is 0.174. The second-order valence-corrected chi connectivity index (χ2v) is 8.71. The molecule has 1 fully saturated rings. The number of hydrogen-bond donors (Lipinski definition) is 0. The lowest BCUT2D eigenvalue weighted by Gasteiger charge is -2.25. The molecule has 0 bridgehead atoms. The molecule has 0 radical (unpaired) electrons. The summed E-state index contributed by atoms with van der Waals surface area (Å²) in [5, 5.41) is 0. The minimum Gasteiger partial charge on any atom is -0.311 e. The molecule has 0 aromatic heterocycles. The van der Waals surface area contributed by atoms with Crippen LogP contribution in [0, 0.1) is 0 Å². The Hall–Kier alpha value is -2.52. The van der Waals surface area contributed by atoms with Gasteiger partial charge in [0.15, 0.2) is 4.90 Å². The van der Waals surface area contributed by atoms with E-state index in [0.29, 0.717) is 5.78 Å². The average Bonchev–Trinajstić information content (AvgIpc) is 2.71. The molecule has 1 aliphatic heterocycles. The zero-order chi connectivity index (χ0) is 17.8. The quantitative estimate of drug-likeness (QED) is 0.573. The molecule has 0 spiro atoms. The molecule has 26 heavy (non-hydrogen) atoms. The molecule has 0 atom stereocenters. The first-order valence-electron chi connectivity index (χ1n) is 9.01. The summed E-state index contributed by atoms with van der Waals surface area (Å²) in [6.07, 6.45) is 1.48. The molecule has 0 amide bonds. The Morgan fingerprint density at radius 3 is 1.58 bits per heavy atom. The predicted octanol–water partition coefficient (Wildman–Crippen LogP) is 5.50. The van der Waals surface area contributed by atoms with Gasteiger partial charge in [0.25, 0.3) is 0 Å². The van der Waals surface area contributed by atoms with Crippen LogP contribution in [0.1, 0.15) is 12.8 Å². The number of ketones is 1. The fourth-order valence-electron chi connectivity index (χ4n) is 3.33. The third-order valence-electron chi connectivity index (χ3n) is 4.71. The Kier molecular flexibility index (Phi) is 5.07. The summed E-state index contributed by atoms with van der Waals surface area (Å²) < 4.78 is 0. The van der Waals surface area contributed by atoms with Gasteiger partial charge in [-0.15, -0.1) is 0 Å². The van der Waals surface area contributed by atoms with E-state index in [2.05, 4.69) is 77.7 Å². The standard InChI is InChI=1S/C23H22NOS/c25-22-15-17-26(18-16-22)23-13-11-21(12-14-23)24(19-7-3-1-4-8-19)20-9-5-2-6-10-20/h1-14H,15-18H2/q+1.